The van der Waals surface area contributed by atoms with E-state index in [1.54, 1.807) is 43.6 Å². The van der Waals surface area contributed by atoms with Crippen molar-refractivity contribution < 1.29 is 33.3 Å². The lowest BCUT2D eigenvalue weighted by atomic mass is 9.95. The second kappa shape index (κ2) is 26.7. The molecule has 0 aliphatic heterocycles. The van der Waals surface area contributed by atoms with Gasteiger partial charge < -0.3 is 18.9 Å². The van der Waals surface area contributed by atoms with Crippen LogP contribution in [0.3, 0.4) is 0 Å². The van der Waals surface area contributed by atoms with Crippen molar-refractivity contribution in [2.24, 2.45) is 15.9 Å². The second-order valence-corrected chi connectivity index (χ2v) is 14.7. The monoisotopic (exact) mass is 826 g/mol. The van der Waals surface area contributed by atoms with Crippen LogP contribution < -0.4 is 14.2 Å². The highest BCUT2D eigenvalue weighted by Gasteiger charge is 2.14. The van der Waals surface area contributed by atoms with Gasteiger partial charge in [-0.15, -0.1) is 0 Å². The van der Waals surface area contributed by atoms with Crippen LogP contribution in [0.4, 0.5) is 5.69 Å². The average molecular weight is 827 g/mol. The number of hydrogen-bond acceptors (Lipinski definition) is 9. The maximum absolute atomic E-state index is 12.7. The molecule has 322 valence electrons. The van der Waals surface area contributed by atoms with E-state index in [2.05, 4.69) is 83.6 Å². The fourth-order valence-corrected chi connectivity index (χ4v) is 5.74. The maximum Gasteiger partial charge on any atom is 0.343 e. The third kappa shape index (κ3) is 17.0. The summed E-state index contributed by atoms with van der Waals surface area (Å²) in [5.74, 6) is 0.976. The molecule has 4 aromatic carbocycles. The first kappa shape index (κ1) is 49.0. The molecular formula is C52H62N2O7. The zero-order valence-corrected chi connectivity index (χ0v) is 36.8. The molecule has 0 heterocycles. The molecule has 0 radical (unpaired) electrons. The van der Waals surface area contributed by atoms with Gasteiger partial charge in [-0.3, -0.25) is 9.98 Å². The third-order valence-electron chi connectivity index (χ3n) is 10.1. The molecule has 0 bridgehead atoms. The Kier molecular flexibility index (Phi) is 21.4. The van der Waals surface area contributed by atoms with Crippen molar-refractivity contribution in [2.75, 3.05) is 13.7 Å². The summed E-state index contributed by atoms with van der Waals surface area (Å²) in [6.45, 7) is 22.2. The zero-order valence-electron chi connectivity index (χ0n) is 36.8. The summed E-state index contributed by atoms with van der Waals surface area (Å²) in [4.78, 5) is 44.2. The molecule has 9 heteroatoms. The zero-order chi connectivity index (χ0) is 44.6. The first-order valence-corrected chi connectivity index (χ1v) is 21.0. The highest BCUT2D eigenvalue weighted by molar-refractivity contribution is 5.93. The van der Waals surface area contributed by atoms with E-state index in [0.717, 1.165) is 35.4 Å². The Morgan fingerprint density at radius 3 is 1.87 bits per heavy atom. The van der Waals surface area contributed by atoms with Crippen molar-refractivity contribution in [3.63, 3.8) is 0 Å². The van der Waals surface area contributed by atoms with E-state index in [-0.39, 0.29) is 11.3 Å². The molecule has 1 fully saturated rings. The summed E-state index contributed by atoms with van der Waals surface area (Å²) in [5.41, 5.74) is 6.41. The topological polar surface area (TPSA) is 113 Å². The predicted molar refractivity (Wildman–Crippen MR) is 249 cm³/mol. The number of ether oxygens (including phenoxy) is 4. The summed E-state index contributed by atoms with van der Waals surface area (Å²) in [6.07, 6.45) is 13.9. The molecule has 61 heavy (non-hydrogen) atoms. The number of carbonyl (C=O) groups is 3. The van der Waals surface area contributed by atoms with Crippen LogP contribution in [-0.4, -0.2) is 43.5 Å². The van der Waals surface area contributed by atoms with Gasteiger partial charge in [0.15, 0.2) is 0 Å². The molecule has 1 saturated carbocycles. The Morgan fingerprint density at radius 2 is 1.34 bits per heavy atom. The van der Waals surface area contributed by atoms with E-state index in [1.165, 1.54) is 74.1 Å². The highest BCUT2D eigenvalue weighted by Crippen LogP contribution is 2.30. The predicted octanol–water partition coefficient (Wildman–Crippen LogP) is 12.7. The first-order chi connectivity index (χ1) is 29.4. The number of nitrogens with zero attached hydrogens (tertiary/aromatic N) is 2. The standard InChI is InChI=1S/C31H27NO7.C17H27N.C4H8/c1-5-29(33)37-26-12-8-23(9-13-26)21(3)36-18-17-22-7-16-28(25(19-22)20-32-4)39-31(35)24-10-14-27(15-11-24)38-30(34)6-2;1-6-10-14(4)16-11-8-9-12-17(16)18-15(5)13(3)7-2;1-2-4-3-1/h5-16,19-20H,1-3,17-18H2,4H3;8-9,11-14H,6-7,10H2,1-5H3;1-4H2/t;13-,14?;/m.1./s1. The van der Waals surface area contributed by atoms with Crippen molar-refractivity contribution in [2.45, 2.75) is 91.9 Å². The molecule has 1 aliphatic rings. The summed E-state index contributed by atoms with van der Waals surface area (Å²) < 4.78 is 21.5. The fourth-order valence-electron chi connectivity index (χ4n) is 5.74. The van der Waals surface area contributed by atoms with E-state index in [0.29, 0.717) is 47.7 Å². The van der Waals surface area contributed by atoms with Gasteiger partial charge in [-0.25, -0.2) is 14.4 Å². The van der Waals surface area contributed by atoms with E-state index < -0.39 is 17.9 Å². The molecule has 0 saturated heterocycles. The normalized spacial score (nSPS) is 12.8. The van der Waals surface area contributed by atoms with Crippen LogP contribution in [0.1, 0.15) is 118 Å². The summed E-state index contributed by atoms with van der Waals surface area (Å²) >= 11 is 0. The quantitative estimate of drug-likeness (QED) is 0.0323. The Bertz CT molecular complexity index is 2110. The molecule has 0 amide bonds. The van der Waals surface area contributed by atoms with Crippen LogP contribution in [0.15, 0.2) is 133 Å². The van der Waals surface area contributed by atoms with E-state index >= 15 is 0 Å². The van der Waals surface area contributed by atoms with Crippen LogP contribution in [0.25, 0.3) is 5.76 Å². The van der Waals surface area contributed by atoms with E-state index in [1.807, 2.05) is 12.1 Å². The van der Waals surface area contributed by atoms with Gasteiger partial charge in [0, 0.05) is 48.7 Å². The average Bonchev–Trinajstić information content (AvgIpc) is 3.24. The molecule has 9 nitrogen and oxygen atoms in total. The van der Waals surface area contributed by atoms with Crippen molar-refractivity contribution in [3.05, 3.63) is 151 Å². The molecule has 2 atom stereocenters. The SMILES string of the molecule is C1CCC1.C=CC(=O)Oc1ccc(C(=C)OCCc2ccc(OC(=O)c3ccc(OC(=O)C=C)cc3)c(C=NC)c2)cc1.CCCC(C)c1ccccc1N=C(C)[C@H](C)CC. The van der Waals surface area contributed by atoms with Crippen molar-refractivity contribution in [1.29, 1.82) is 0 Å². The van der Waals surface area contributed by atoms with Crippen LogP contribution in [-0.2, 0) is 20.7 Å². The minimum absolute atomic E-state index is 0.288. The van der Waals surface area contributed by atoms with Crippen molar-refractivity contribution >= 4 is 41.3 Å². The van der Waals surface area contributed by atoms with Crippen LogP contribution in [0.2, 0.25) is 0 Å². The Balaban J connectivity index is 0.000000371. The third-order valence-corrected chi connectivity index (χ3v) is 10.1. The van der Waals surface area contributed by atoms with Gasteiger partial charge >= 0.3 is 17.9 Å². The van der Waals surface area contributed by atoms with Gasteiger partial charge in [0.25, 0.3) is 0 Å². The van der Waals surface area contributed by atoms with Gasteiger partial charge in [-0.2, -0.15) is 0 Å². The minimum atomic E-state index is -0.592. The largest absolute Gasteiger partial charge is 0.493 e. The fraction of sp³-hybridized carbons (Fsp3) is 0.327. The van der Waals surface area contributed by atoms with Crippen LogP contribution >= 0.6 is 0 Å². The number of hydrogen-bond donors (Lipinski definition) is 0. The molecule has 5 rings (SSSR count). The van der Waals surface area contributed by atoms with Gasteiger partial charge in [0.05, 0.1) is 17.9 Å². The molecule has 0 aromatic heterocycles. The lowest BCUT2D eigenvalue weighted by Gasteiger charge is -2.15. The molecule has 1 unspecified atom stereocenters. The number of aliphatic imine (C=N–C) groups is 2. The molecule has 1 aliphatic carbocycles. The summed E-state index contributed by atoms with van der Waals surface area (Å²) in [5, 5.41) is 0. The minimum Gasteiger partial charge on any atom is -0.493 e. The Labute approximate surface area is 362 Å². The molecule has 0 N–H and O–H groups in total. The lowest BCUT2D eigenvalue weighted by molar-refractivity contribution is -0.129. The maximum atomic E-state index is 12.7. The lowest BCUT2D eigenvalue weighted by Crippen LogP contribution is -2.10. The van der Waals surface area contributed by atoms with Crippen molar-refractivity contribution in [1.82, 2.24) is 0 Å². The van der Waals surface area contributed by atoms with E-state index in [9.17, 15) is 14.4 Å². The van der Waals surface area contributed by atoms with E-state index in [4.69, 9.17) is 23.9 Å². The summed E-state index contributed by atoms with van der Waals surface area (Å²) in [6, 6.07) is 26.8. The molecular weight excluding hydrogens is 765 g/mol. The van der Waals surface area contributed by atoms with Gasteiger partial charge in [-0.05, 0) is 109 Å². The number of para-hydroxylation sites is 1. The smallest absolute Gasteiger partial charge is 0.343 e. The van der Waals surface area contributed by atoms with Crippen molar-refractivity contribution in [3.8, 4) is 17.2 Å². The van der Waals surface area contributed by atoms with Gasteiger partial charge in [0.2, 0.25) is 0 Å². The Hall–Kier alpha value is -6.35. The summed E-state index contributed by atoms with van der Waals surface area (Å²) in [7, 11) is 1.62. The van der Waals surface area contributed by atoms with Gasteiger partial charge in [0.1, 0.15) is 23.0 Å². The van der Waals surface area contributed by atoms with Crippen LogP contribution in [0, 0.1) is 5.92 Å². The van der Waals surface area contributed by atoms with Crippen LogP contribution in [0.5, 0.6) is 17.2 Å². The first-order valence-electron chi connectivity index (χ1n) is 21.0. The highest BCUT2D eigenvalue weighted by atomic mass is 16.5. The Morgan fingerprint density at radius 1 is 0.770 bits per heavy atom. The van der Waals surface area contributed by atoms with Gasteiger partial charge in [-0.1, -0.05) is 104 Å². The number of benzene rings is 4. The second-order valence-electron chi connectivity index (χ2n) is 14.7. The molecule has 0 spiro atoms. The number of carbonyl (C=O) groups excluding carboxylic acids is 3. The number of rotatable bonds is 18. The number of esters is 3. The molecule has 4 aromatic rings.